The molecule has 0 bridgehead atoms. The van der Waals surface area contributed by atoms with E-state index in [0.717, 1.165) is 5.69 Å². The molecule has 4 rings (SSSR count). The Morgan fingerprint density at radius 1 is 1.18 bits per heavy atom. The van der Waals surface area contributed by atoms with Crippen LogP contribution in [0.5, 0.6) is 5.75 Å². The van der Waals surface area contributed by atoms with Gasteiger partial charge in [-0.15, -0.1) is 6.58 Å². The topological polar surface area (TPSA) is 74.3 Å². The Hall–Kier alpha value is -3.55. The molecule has 8 nitrogen and oxygen atoms in total. The molecule has 0 saturated carbocycles. The minimum atomic E-state index is -0.407. The van der Waals surface area contributed by atoms with Crippen molar-refractivity contribution in [2.45, 2.75) is 13.1 Å². The second-order valence-electron chi connectivity index (χ2n) is 6.50. The van der Waals surface area contributed by atoms with E-state index in [9.17, 15) is 9.59 Å². The number of benzene rings is 1. The van der Waals surface area contributed by atoms with Crippen LogP contribution in [0.3, 0.4) is 0 Å². The minimum Gasteiger partial charge on any atom is -0.487 e. The molecular weight excluding hydrogens is 358 g/mol. The number of hydrogen-bond donors (Lipinski definition) is 0. The number of aryl methyl sites for hydroxylation is 1. The maximum absolute atomic E-state index is 13.0. The molecule has 3 heterocycles. The van der Waals surface area contributed by atoms with Crippen LogP contribution in [-0.4, -0.2) is 31.8 Å². The lowest BCUT2D eigenvalue weighted by atomic mass is 10.2. The maximum atomic E-state index is 13.0. The quantitative estimate of drug-likeness (QED) is 0.611. The number of para-hydroxylation sites is 2. The zero-order valence-corrected chi connectivity index (χ0v) is 15.7. The summed E-state index contributed by atoms with van der Waals surface area (Å²) < 4.78 is 10.2. The average molecular weight is 379 g/mol. The van der Waals surface area contributed by atoms with E-state index in [0.29, 0.717) is 42.6 Å². The normalized spacial score (nSPS) is 13.0. The third-order valence-corrected chi connectivity index (χ3v) is 4.83. The van der Waals surface area contributed by atoms with Crippen LogP contribution in [0.4, 0.5) is 11.6 Å². The summed E-state index contributed by atoms with van der Waals surface area (Å²) in [5, 5.41) is 0. The molecule has 1 aliphatic heterocycles. The van der Waals surface area contributed by atoms with Gasteiger partial charge in [-0.2, -0.15) is 4.98 Å². The first-order valence-corrected chi connectivity index (χ1v) is 8.99. The van der Waals surface area contributed by atoms with Crippen LogP contribution in [0.1, 0.15) is 0 Å². The highest BCUT2D eigenvalue weighted by Gasteiger charge is 2.29. The van der Waals surface area contributed by atoms with Gasteiger partial charge in [0.1, 0.15) is 12.4 Å². The van der Waals surface area contributed by atoms with Gasteiger partial charge >= 0.3 is 5.69 Å². The lowest BCUT2D eigenvalue weighted by Crippen LogP contribution is -2.39. The lowest BCUT2D eigenvalue weighted by molar-refractivity contribution is 0.364. The number of rotatable bonds is 6. The van der Waals surface area contributed by atoms with Gasteiger partial charge in [0.05, 0.1) is 5.69 Å². The summed E-state index contributed by atoms with van der Waals surface area (Å²) in [6, 6.07) is 7.66. The number of aromatic nitrogens is 4. The van der Waals surface area contributed by atoms with Crippen LogP contribution >= 0.6 is 0 Å². The Morgan fingerprint density at radius 2 is 1.96 bits per heavy atom. The van der Waals surface area contributed by atoms with Gasteiger partial charge < -0.3 is 14.2 Å². The molecule has 1 aromatic carbocycles. The van der Waals surface area contributed by atoms with E-state index in [1.165, 1.54) is 15.2 Å². The number of imidazole rings is 1. The van der Waals surface area contributed by atoms with E-state index in [-0.39, 0.29) is 12.1 Å². The van der Waals surface area contributed by atoms with Gasteiger partial charge in [-0.25, -0.2) is 4.79 Å². The van der Waals surface area contributed by atoms with Gasteiger partial charge in [0.25, 0.3) is 5.56 Å². The molecule has 0 spiro atoms. The third-order valence-electron chi connectivity index (χ3n) is 4.83. The number of nitrogens with zero attached hydrogens (tertiary/aromatic N) is 5. The van der Waals surface area contributed by atoms with Gasteiger partial charge in [-0.3, -0.25) is 13.9 Å². The number of ether oxygens (including phenoxy) is 1. The second kappa shape index (κ2) is 6.88. The Kier molecular flexibility index (Phi) is 4.38. The number of hydrogen-bond acceptors (Lipinski definition) is 5. The van der Waals surface area contributed by atoms with E-state index in [1.807, 2.05) is 33.7 Å². The van der Waals surface area contributed by atoms with Crippen molar-refractivity contribution in [1.82, 2.24) is 18.7 Å². The highest BCUT2D eigenvalue weighted by atomic mass is 16.5. The van der Waals surface area contributed by atoms with Crippen LogP contribution in [0.25, 0.3) is 11.2 Å². The zero-order valence-electron chi connectivity index (χ0n) is 15.7. The Morgan fingerprint density at radius 3 is 2.71 bits per heavy atom. The first-order chi connectivity index (χ1) is 13.6. The monoisotopic (exact) mass is 379 g/mol. The summed E-state index contributed by atoms with van der Waals surface area (Å²) in [4.78, 5) is 32.1. The molecule has 0 radical (unpaired) electrons. The molecular formula is C20H21N5O3. The number of fused-ring (bicyclic) bond motifs is 3. The van der Waals surface area contributed by atoms with Crippen LogP contribution in [0.15, 0.2) is 59.2 Å². The number of allylic oxidation sites excluding steroid dienone is 1. The summed E-state index contributed by atoms with van der Waals surface area (Å²) in [6.07, 6.45) is 3.23. The molecule has 3 aromatic rings. The van der Waals surface area contributed by atoms with Crippen molar-refractivity contribution in [2.75, 3.05) is 18.1 Å². The summed E-state index contributed by atoms with van der Waals surface area (Å²) in [6.45, 7) is 9.10. The number of anilines is 2. The second-order valence-corrected chi connectivity index (χ2v) is 6.50. The molecule has 0 N–H and O–H groups in total. The van der Waals surface area contributed by atoms with E-state index >= 15 is 0 Å². The summed E-state index contributed by atoms with van der Waals surface area (Å²) in [7, 11) is 1.62. The van der Waals surface area contributed by atoms with E-state index < -0.39 is 5.69 Å². The van der Waals surface area contributed by atoms with E-state index in [1.54, 1.807) is 13.1 Å². The lowest BCUT2D eigenvalue weighted by Gasteiger charge is -2.19. The summed E-state index contributed by atoms with van der Waals surface area (Å²) in [5.41, 5.74) is 0.894. The van der Waals surface area contributed by atoms with Crippen molar-refractivity contribution < 1.29 is 4.74 Å². The zero-order chi connectivity index (χ0) is 19.8. The predicted molar refractivity (Wildman–Crippen MR) is 109 cm³/mol. The van der Waals surface area contributed by atoms with E-state index in [2.05, 4.69) is 18.1 Å². The highest BCUT2D eigenvalue weighted by molar-refractivity contribution is 5.79. The van der Waals surface area contributed by atoms with Crippen molar-refractivity contribution in [1.29, 1.82) is 0 Å². The molecule has 0 amide bonds. The van der Waals surface area contributed by atoms with Crippen LogP contribution < -0.4 is 20.9 Å². The van der Waals surface area contributed by atoms with Crippen LogP contribution in [0, 0.1) is 0 Å². The summed E-state index contributed by atoms with van der Waals surface area (Å²) >= 11 is 0. The molecule has 28 heavy (non-hydrogen) atoms. The molecule has 144 valence electrons. The van der Waals surface area contributed by atoms with Gasteiger partial charge in [0.15, 0.2) is 11.2 Å². The maximum Gasteiger partial charge on any atom is 0.332 e. The minimum absolute atomic E-state index is 0.157. The molecule has 0 saturated heterocycles. The average Bonchev–Trinajstić information content (AvgIpc) is 3.27. The predicted octanol–water partition coefficient (Wildman–Crippen LogP) is 1.80. The molecule has 0 unspecified atom stereocenters. The largest absolute Gasteiger partial charge is 0.487 e. The molecule has 8 heteroatoms. The Balaban J connectivity index is 1.91. The molecule has 0 fully saturated rings. The standard InChI is InChI=1S/C20H21N5O3/c1-4-10-25-18(26)16-17(22(3)20(25)27)21-19-23(11-12-24(16)19)14-8-6-7-9-15(14)28-13-5-2/h4-9H,1-2,10-13H2,3H3. The molecule has 1 aliphatic rings. The van der Waals surface area contributed by atoms with Gasteiger partial charge in [-0.1, -0.05) is 30.9 Å². The third kappa shape index (κ3) is 2.57. The van der Waals surface area contributed by atoms with Crippen LogP contribution in [0.2, 0.25) is 0 Å². The fourth-order valence-electron chi connectivity index (χ4n) is 3.55. The van der Waals surface area contributed by atoms with Crippen molar-refractivity contribution in [3.8, 4) is 5.75 Å². The summed E-state index contributed by atoms with van der Waals surface area (Å²) in [5.74, 6) is 1.33. The van der Waals surface area contributed by atoms with Gasteiger partial charge in [0, 0.05) is 26.7 Å². The molecule has 0 aliphatic carbocycles. The highest BCUT2D eigenvalue weighted by Crippen LogP contribution is 2.37. The van der Waals surface area contributed by atoms with Crippen molar-refractivity contribution in [3.05, 3.63) is 70.4 Å². The smallest absolute Gasteiger partial charge is 0.332 e. The van der Waals surface area contributed by atoms with Crippen molar-refractivity contribution in [3.63, 3.8) is 0 Å². The first kappa shape index (κ1) is 17.8. The van der Waals surface area contributed by atoms with E-state index in [4.69, 9.17) is 4.74 Å². The van der Waals surface area contributed by atoms with Gasteiger partial charge in [0.2, 0.25) is 5.95 Å². The SMILES string of the molecule is C=CCOc1ccccc1N1CCn2c1nc1c2c(=O)n(CC=C)c(=O)n1C. The first-order valence-electron chi connectivity index (χ1n) is 8.99. The molecule has 0 atom stereocenters. The van der Waals surface area contributed by atoms with Gasteiger partial charge in [-0.05, 0) is 12.1 Å². The Labute approximate surface area is 161 Å². The van der Waals surface area contributed by atoms with Crippen molar-refractivity contribution >= 4 is 22.8 Å². The fourth-order valence-corrected chi connectivity index (χ4v) is 3.55. The van der Waals surface area contributed by atoms with Crippen LogP contribution in [-0.2, 0) is 20.1 Å². The van der Waals surface area contributed by atoms with Crippen molar-refractivity contribution in [2.24, 2.45) is 7.05 Å². The Bertz CT molecular complexity index is 1200. The molecule has 2 aromatic heterocycles. The fraction of sp³-hybridized carbons (Fsp3) is 0.250.